The molecule has 0 aromatic rings. The van der Waals surface area contributed by atoms with Crippen molar-refractivity contribution in [3.63, 3.8) is 0 Å². The van der Waals surface area contributed by atoms with E-state index in [1.165, 1.54) is 7.05 Å². The fourth-order valence-electron chi connectivity index (χ4n) is 2.06. The quantitative estimate of drug-likeness (QED) is 0.0847. The van der Waals surface area contributed by atoms with Crippen LogP contribution in [-0.2, 0) is 28.3 Å². The molecule has 4 atom stereocenters. The second kappa shape index (κ2) is 14.3. The van der Waals surface area contributed by atoms with Crippen LogP contribution >= 0.6 is 8.18 Å². The molecule has 4 unspecified atom stereocenters. The minimum Gasteiger partial charge on any atom is -0.862 e. The molecule has 14 nitrogen and oxygen atoms in total. The standard InChI is InChI=1S/C15H24N3O11P/c1-16-8(13(22)23)2-4-11(19)17-9(14(24)25)6-7-29-30(28)18-10(15(26)27)3-5-12(20)21/h8-10,16H,2-7H2,1H3,(H5-,17,18,19,20,21,22,23,24,25,26,27,28). The molecule has 15 heteroatoms. The van der Waals surface area contributed by atoms with Crippen molar-refractivity contribution >= 4 is 38.0 Å². The Hall–Kier alpha value is -2.67. The first-order valence-corrected chi connectivity index (χ1v) is 9.83. The molecule has 0 bridgehead atoms. The molecule has 0 radical (unpaired) electrons. The van der Waals surface area contributed by atoms with E-state index in [1.807, 2.05) is 0 Å². The average molecular weight is 453 g/mol. The third-order valence-electron chi connectivity index (χ3n) is 3.68. The Bertz CT molecular complexity index is 670. The van der Waals surface area contributed by atoms with Gasteiger partial charge in [0.2, 0.25) is 0 Å². The zero-order valence-corrected chi connectivity index (χ0v) is 16.9. The Morgan fingerprint density at radius 2 is 1.53 bits per heavy atom. The molecule has 0 amide bonds. The predicted molar refractivity (Wildman–Crippen MR) is 98.2 cm³/mol. The van der Waals surface area contributed by atoms with Crippen LogP contribution in [0.5, 0.6) is 0 Å². The molecular weight excluding hydrogens is 429 g/mol. The number of carboxylic acids is 4. The van der Waals surface area contributed by atoms with Gasteiger partial charge in [0, 0.05) is 12.8 Å². The summed E-state index contributed by atoms with van der Waals surface area (Å²) in [4.78, 5) is 47.0. The summed E-state index contributed by atoms with van der Waals surface area (Å²) >= 11 is 0. The summed E-state index contributed by atoms with van der Waals surface area (Å²) in [7, 11) is -1.35. The highest BCUT2D eigenvalue weighted by molar-refractivity contribution is 7.36. The zero-order valence-electron chi connectivity index (χ0n) is 16.0. The normalized spacial score (nSPS) is 15.1. The number of nitrogens with zero attached hydrogens (tertiary/aromatic N) is 1. The Morgan fingerprint density at radius 1 is 0.967 bits per heavy atom. The Morgan fingerprint density at radius 3 is 2.00 bits per heavy atom. The highest BCUT2D eigenvalue weighted by Gasteiger charge is 2.30. The maximum Gasteiger partial charge on any atom is 0.613 e. The lowest BCUT2D eigenvalue weighted by atomic mass is 10.1. The van der Waals surface area contributed by atoms with Crippen LogP contribution < -0.4 is 15.5 Å². The molecule has 0 aliphatic carbocycles. The SMILES string of the molecule is CNC(CCC([O-])=NC(CCO[P+](=O)NC(CCC(=O)O)C(=O)O)C(=O)O)C(=O)O. The van der Waals surface area contributed by atoms with Crippen LogP contribution in [0.2, 0.25) is 0 Å². The van der Waals surface area contributed by atoms with Crippen molar-refractivity contribution in [2.24, 2.45) is 4.99 Å². The molecule has 0 aromatic heterocycles. The molecule has 6 N–H and O–H groups in total. The monoisotopic (exact) mass is 453 g/mol. The average Bonchev–Trinajstić information content (AvgIpc) is 2.63. The molecule has 170 valence electrons. The molecule has 0 fully saturated rings. The Balaban J connectivity index is 4.63. The number of carbonyl (C=O) groups is 4. The van der Waals surface area contributed by atoms with E-state index in [1.54, 1.807) is 0 Å². The summed E-state index contributed by atoms with van der Waals surface area (Å²) in [5.41, 5.74) is 0. The Labute approximate surface area is 171 Å². The van der Waals surface area contributed by atoms with Gasteiger partial charge >= 0.3 is 32.1 Å². The van der Waals surface area contributed by atoms with E-state index in [2.05, 4.69) is 15.4 Å². The van der Waals surface area contributed by atoms with E-state index < -0.39 is 69.1 Å². The minimum atomic E-state index is -2.75. The number of aliphatic imine (C=N–C) groups is 1. The van der Waals surface area contributed by atoms with E-state index in [-0.39, 0.29) is 25.7 Å². The fraction of sp³-hybridized carbons (Fsp3) is 0.667. The third kappa shape index (κ3) is 12.0. The van der Waals surface area contributed by atoms with Gasteiger partial charge in [-0.3, -0.25) is 19.4 Å². The topological polar surface area (TPSA) is 235 Å². The van der Waals surface area contributed by atoms with Crippen molar-refractivity contribution in [2.75, 3.05) is 13.7 Å². The third-order valence-corrected chi connectivity index (χ3v) is 4.62. The van der Waals surface area contributed by atoms with E-state index in [0.717, 1.165) is 0 Å². The van der Waals surface area contributed by atoms with E-state index in [4.69, 9.17) is 24.9 Å². The van der Waals surface area contributed by atoms with Crippen LogP contribution in [0.3, 0.4) is 0 Å². The van der Waals surface area contributed by atoms with Crippen molar-refractivity contribution in [1.29, 1.82) is 0 Å². The summed E-state index contributed by atoms with van der Waals surface area (Å²) in [6, 6.07) is -3.96. The lowest BCUT2D eigenvalue weighted by Crippen LogP contribution is -2.35. The van der Waals surface area contributed by atoms with Crippen LogP contribution in [0.4, 0.5) is 0 Å². The predicted octanol–water partition coefficient (Wildman–Crippen LogP) is -1.38. The number of likely N-dealkylation sites (N-methyl/N-ethyl adjacent to an activating group) is 1. The van der Waals surface area contributed by atoms with Crippen LogP contribution in [0.1, 0.15) is 32.1 Å². The number of carboxylic acid groups (broad SMARTS) is 4. The maximum atomic E-state index is 11.8. The summed E-state index contributed by atoms with van der Waals surface area (Å²) in [6.07, 6.45) is -1.58. The summed E-state index contributed by atoms with van der Waals surface area (Å²) in [5, 5.41) is 51.8. The van der Waals surface area contributed by atoms with E-state index >= 15 is 0 Å². The highest BCUT2D eigenvalue weighted by atomic mass is 31.1. The molecule has 0 rings (SSSR count). The Kier molecular flexibility index (Phi) is 13.1. The maximum absolute atomic E-state index is 11.8. The second-order valence-electron chi connectivity index (χ2n) is 5.93. The fourth-order valence-corrected chi connectivity index (χ4v) is 2.90. The van der Waals surface area contributed by atoms with Crippen molar-refractivity contribution in [1.82, 2.24) is 10.4 Å². The van der Waals surface area contributed by atoms with Gasteiger partial charge in [-0.25, -0.2) is 4.79 Å². The van der Waals surface area contributed by atoms with Crippen LogP contribution in [-0.4, -0.2) is 82.0 Å². The van der Waals surface area contributed by atoms with Gasteiger partial charge in [0.15, 0.2) is 6.04 Å². The first-order chi connectivity index (χ1) is 14.0. The van der Waals surface area contributed by atoms with Crippen LogP contribution in [0, 0.1) is 0 Å². The lowest BCUT2D eigenvalue weighted by molar-refractivity contribution is -0.219. The molecule has 0 heterocycles. The second-order valence-corrected chi connectivity index (χ2v) is 6.96. The first-order valence-electron chi connectivity index (χ1n) is 8.65. The first kappa shape index (κ1) is 27.3. The summed E-state index contributed by atoms with van der Waals surface area (Å²) in [5.74, 6) is -6.13. The molecule has 0 aliphatic heterocycles. The number of hydrogen-bond acceptors (Lipinski definition) is 9. The molecule has 0 spiro atoms. The van der Waals surface area contributed by atoms with Gasteiger partial charge in [0.25, 0.3) is 0 Å². The van der Waals surface area contributed by atoms with Crippen molar-refractivity contribution in [2.45, 2.75) is 50.2 Å². The van der Waals surface area contributed by atoms with Gasteiger partial charge in [-0.15, -0.1) is 4.52 Å². The van der Waals surface area contributed by atoms with Gasteiger partial charge in [-0.05, 0) is 36.8 Å². The van der Waals surface area contributed by atoms with Crippen LogP contribution in [0.15, 0.2) is 4.99 Å². The minimum absolute atomic E-state index is 0.0975. The van der Waals surface area contributed by atoms with Gasteiger partial charge in [0.1, 0.15) is 18.7 Å². The van der Waals surface area contributed by atoms with Crippen LogP contribution in [0.25, 0.3) is 0 Å². The number of nitrogens with one attached hydrogen (secondary N) is 2. The van der Waals surface area contributed by atoms with Gasteiger partial charge < -0.3 is 30.8 Å². The van der Waals surface area contributed by atoms with Crippen molar-refractivity contribution < 1.29 is 53.8 Å². The van der Waals surface area contributed by atoms with Gasteiger partial charge in [0.05, 0.1) is 0 Å². The number of aliphatic carboxylic acids is 4. The van der Waals surface area contributed by atoms with E-state index in [0.29, 0.717) is 0 Å². The lowest BCUT2D eigenvalue weighted by Gasteiger charge is -2.17. The van der Waals surface area contributed by atoms with Crippen molar-refractivity contribution in [3.8, 4) is 0 Å². The highest BCUT2D eigenvalue weighted by Crippen LogP contribution is 2.20. The number of hydrogen-bond donors (Lipinski definition) is 6. The molecule has 0 saturated heterocycles. The van der Waals surface area contributed by atoms with Crippen molar-refractivity contribution in [3.05, 3.63) is 0 Å². The van der Waals surface area contributed by atoms with E-state index in [9.17, 15) is 28.8 Å². The molecular formula is C15H24N3O11P. The number of rotatable bonds is 17. The van der Waals surface area contributed by atoms with Gasteiger partial charge in [-0.2, -0.15) is 0 Å². The molecule has 0 aliphatic rings. The summed E-state index contributed by atoms with van der Waals surface area (Å²) < 4.78 is 16.6. The zero-order chi connectivity index (χ0) is 23.3. The van der Waals surface area contributed by atoms with Gasteiger partial charge in [-0.1, -0.05) is 5.09 Å². The molecule has 30 heavy (non-hydrogen) atoms. The largest absolute Gasteiger partial charge is 0.862 e. The summed E-state index contributed by atoms with van der Waals surface area (Å²) in [6.45, 7) is -0.449. The molecule has 0 aromatic carbocycles. The smallest absolute Gasteiger partial charge is 0.613 e. The molecule has 0 saturated carbocycles.